The molecule has 4 N–H and O–H groups in total. The van der Waals surface area contributed by atoms with Crippen molar-refractivity contribution in [1.82, 2.24) is 10.3 Å². The molecule has 110 valence electrons. The second kappa shape index (κ2) is 5.69. The Bertz CT molecular complexity index is 670. The molecule has 0 aliphatic carbocycles. The van der Waals surface area contributed by atoms with E-state index in [4.69, 9.17) is 5.73 Å². The van der Waals surface area contributed by atoms with Gasteiger partial charge in [-0.3, -0.25) is 4.79 Å². The van der Waals surface area contributed by atoms with Crippen LogP contribution in [0.5, 0.6) is 0 Å². The van der Waals surface area contributed by atoms with E-state index in [-0.39, 0.29) is 0 Å². The first kappa shape index (κ1) is 13.8. The highest BCUT2D eigenvalue weighted by molar-refractivity contribution is 6.06. The van der Waals surface area contributed by atoms with Crippen molar-refractivity contribution in [2.45, 2.75) is 31.8 Å². The smallest absolute Gasteiger partial charge is 0.249 e. The second-order valence-electron chi connectivity index (χ2n) is 5.66. The quantitative estimate of drug-likeness (QED) is 0.804. The Kier molecular flexibility index (Phi) is 3.75. The minimum absolute atomic E-state index is 0.371. The molecule has 5 heteroatoms. The van der Waals surface area contributed by atoms with Gasteiger partial charge in [-0.05, 0) is 38.4 Å². The number of amides is 1. The topological polar surface area (TPSA) is 80.0 Å². The standard InChI is InChI=1S/C16H20N4O/c1-10-8-11(6-7-18-10)19-15-9-13(16(17)21)12-4-2-3-5-14(12)20-15/h2-5,9-11,18H,6-8H2,1H3,(H2,17,21)(H,19,20). The van der Waals surface area contributed by atoms with Crippen LogP contribution in [0.2, 0.25) is 0 Å². The van der Waals surface area contributed by atoms with Crippen LogP contribution in [0.3, 0.4) is 0 Å². The normalized spacial score (nSPS) is 22.1. The highest BCUT2D eigenvalue weighted by atomic mass is 16.1. The number of primary amides is 1. The van der Waals surface area contributed by atoms with Gasteiger partial charge < -0.3 is 16.4 Å². The Balaban J connectivity index is 1.93. The lowest BCUT2D eigenvalue weighted by Gasteiger charge is -2.29. The molecular weight excluding hydrogens is 264 g/mol. The molecule has 1 fully saturated rings. The molecule has 2 unspecified atom stereocenters. The maximum Gasteiger partial charge on any atom is 0.249 e. The van der Waals surface area contributed by atoms with E-state index >= 15 is 0 Å². The molecule has 3 rings (SSSR count). The number of nitrogens with one attached hydrogen (secondary N) is 2. The molecule has 2 atom stereocenters. The fraction of sp³-hybridized carbons (Fsp3) is 0.375. The summed E-state index contributed by atoms with van der Waals surface area (Å²) in [6, 6.07) is 10.2. The number of hydrogen-bond donors (Lipinski definition) is 3. The summed E-state index contributed by atoms with van der Waals surface area (Å²) in [7, 11) is 0. The first-order chi connectivity index (χ1) is 10.1. The van der Waals surface area contributed by atoms with Gasteiger partial charge >= 0.3 is 0 Å². The molecule has 2 heterocycles. The summed E-state index contributed by atoms with van der Waals surface area (Å²) in [6.07, 6.45) is 2.09. The monoisotopic (exact) mass is 284 g/mol. The summed E-state index contributed by atoms with van der Waals surface area (Å²) in [5.41, 5.74) is 6.81. The average molecular weight is 284 g/mol. The highest BCUT2D eigenvalue weighted by Gasteiger charge is 2.19. The van der Waals surface area contributed by atoms with Gasteiger partial charge in [-0.25, -0.2) is 4.98 Å². The maximum absolute atomic E-state index is 11.7. The molecule has 1 aliphatic heterocycles. The zero-order valence-corrected chi connectivity index (χ0v) is 12.1. The summed E-state index contributed by atoms with van der Waals surface area (Å²) in [4.78, 5) is 16.3. The summed E-state index contributed by atoms with van der Waals surface area (Å²) in [6.45, 7) is 3.17. The Morgan fingerprint density at radius 2 is 2.24 bits per heavy atom. The van der Waals surface area contributed by atoms with E-state index in [1.807, 2.05) is 24.3 Å². The van der Waals surface area contributed by atoms with E-state index in [9.17, 15) is 4.79 Å². The molecule has 1 amide bonds. The number of fused-ring (bicyclic) bond motifs is 1. The number of hydrogen-bond acceptors (Lipinski definition) is 4. The van der Waals surface area contributed by atoms with Crippen molar-refractivity contribution in [1.29, 1.82) is 0 Å². The van der Waals surface area contributed by atoms with E-state index in [0.29, 0.717) is 17.6 Å². The molecule has 2 aromatic rings. The molecule has 1 aliphatic rings. The summed E-state index contributed by atoms with van der Waals surface area (Å²) < 4.78 is 0. The summed E-state index contributed by atoms with van der Waals surface area (Å²) >= 11 is 0. The van der Waals surface area contributed by atoms with Crippen molar-refractivity contribution in [2.24, 2.45) is 5.73 Å². The van der Waals surface area contributed by atoms with Gasteiger partial charge in [0.1, 0.15) is 5.82 Å². The Morgan fingerprint density at radius 1 is 1.43 bits per heavy atom. The molecular formula is C16H20N4O. The van der Waals surface area contributed by atoms with Crippen LogP contribution in [0.25, 0.3) is 10.9 Å². The molecule has 1 aromatic carbocycles. The van der Waals surface area contributed by atoms with Gasteiger partial charge in [-0.15, -0.1) is 0 Å². The van der Waals surface area contributed by atoms with Crippen LogP contribution in [-0.4, -0.2) is 29.5 Å². The number of nitrogens with two attached hydrogens (primary N) is 1. The molecule has 0 radical (unpaired) electrons. The van der Waals surface area contributed by atoms with Crippen LogP contribution in [-0.2, 0) is 0 Å². The number of rotatable bonds is 3. The molecule has 0 bridgehead atoms. The molecule has 5 nitrogen and oxygen atoms in total. The first-order valence-corrected chi connectivity index (χ1v) is 7.33. The summed E-state index contributed by atoms with van der Waals surface area (Å²) in [5, 5.41) is 7.66. The largest absolute Gasteiger partial charge is 0.367 e. The highest BCUT2D eigenvalue weighted by Crippen LogP contribution is 2.22. The number of pyridine rings is 1. The number of para-hydroxylation sites is 1. The average Bonchev–Trinajstić information content (AvgIpc) is 2.46. The van der Waals surface area contributed by atoms with Gasteiger partial charge in [0, 0.05) is 17.5 Å². The zero-order valence-electron chi connectivity index (χ0n) is 12.1. The molecule has 1 aromatic heterocycles. The lowest BCUT2D eigenvalue weighted by molar-refractivity contribution is 0.100. The number of carbonyl (C=O) groups excluding carboxylic acids is 1. The lowest BCUT2D eigenvalue weighted by atomic mass is 10.0. The van der Waals surface area contributed by atoms with Crippen LogP contribution < -0.4 is 16.4 Å². The van der Waals surface area contributed by atoms with Gasteiger partial charge in [0.05, 0.1) is 11.1 Å². The predicted molar refractivity (Wildman–Crippen MR) is 84.4 cm³/mol. The second-order valence-corrected chi connectivity index (χ2v) is 5.66. The number of aromatic nitrogens is 1. The van der Waals surface area contributed by atoms with Crippen LogP contribution in [0.1, 0.15) is 30.1 Å². The Labute approximate surface area is 123 Å². The van der Waals surface area contributed by atoms with Gasteiger partial charge in [0.25, 0.3) is 0 Å². The molecule has 21 heavy (non-hydrogen) atoms. The van der Waals surface area contributed by atoms with Crippen LogP contribution in [0, 0.1) is 0 Å². The van der Waals surface area contributed by atoms with Crippen molar-refractivity contribution in [2.75, 3.05) is 11.9 Å². The van der Waals surface area contributed by atoms with Crippen LogP contribution >= 0.6 is 0 Å². The van der Waals surface area contributed by atoms with E-state index in [0.717, 1.165) is 36.1 Å². The van der Waals surface area contributed by atoms with Gasteiger partial charge in [-0.1, -0.05) is 18.2 Å². The minimum atomic E-state index is -0.421. The fourth-order valence-electron chi connectivity index (χ4n) is 2.93. The predicted octanol–water partition coefficient (Wildman–Crippen LogP) is 1.89. The summed E-state index contributed by atoms with van der Waals surface area (Å²) in [5.74, 6) is 0.303. The third-order valence-corrected chi connectivity index (χ3v) is 3.96. The maximum atomic E-state index is 11.7. The Morgan fingerprint density at radius 3 is 3.00 bits per heavy atom. The third-order valence-electron chi connectivity index (χ3n) is 3.96. The number of carbonyl (C=O) groups is 1. The molecule has 1 saturated heterocycles. The third kappa shape index (κ3) is 2.97. The van der Waals surface area contributed by atoms with Crippen LogP contribution in [0.4, 0.5) is 5.82 Å². The molecule has 0 spiro atoms. The SMILES string of the molecule is CC1CC(Nc2cc(C(N)=O)c3ccccc3n2)CCN1. The number of piperidine rings is 1. The van der Waals surface area contributed by atoms with Crippen molar-refractivity contribution < 1.29 is 4.79 Å². The first-order valence-electron chi connectivity index (χ1n) is 7.33. The van der Waals surface area contributed by atoms with E-state index in [1.165, 1.54) is 0 Å². The van der Waals surface area contributed by atoms with Gasteiger partial charge in [-0.2, -0.15) is 0 Å². The van der Waals surface area contributed by atoms with E-state index < -0.39 is 5.91 Å². The number of benzene rings is 1. The number of anilines is 1. The minimum Gasteiger partial charge on any atom is -0.367 e. The van der Waals surface area contributed by atoms with Crippen LogP contribution in [0.15, 0.2) is 30.3 Å². The fourth-order valence-corrected chi connectivity index (χ4v) is 2.93. The van der Waals surface area contributed by atoms with Crippen molar-refractivity contribution in [3.63, 3.8) is 0 Å². The van der Waals surface area contributed by atoms with E-state index in [2.05, 4.69) is 22.5 Å². The zero-order chi connectivity index (χ0) is 14.8. The van der Waals surface area contributed by atoms with Gasteiger partial charge in [0.15, 0.2) is 0 Å². The van der Waals surface area contributed by atoms with E-state index in [1.54, 1.807) is 6.07 Å². The van der Waals surface area contributed by atoms with Gasteiger partial charge in [0.2, 0.25) is 5.91 Å². The Hall–Kier alpha value is -2.14. The van der Waals surface area contributed by atoms with Crippen molar-refractivity contribution in [3.8, 4) is 0 Å². The molecule has 0 saturated carbocycles. The number of nitrogens with zero attached hydrogens (tertiary/aromatic N) is 1. The van der Waals surface area contributed by atoms with Crippen molar-refractivity contribution >= 4 is 22.6 Å². The van der Waals surface area contributed by atoms with Crippen molar-refractivity contribution in [3.05, 3.63) is 35.9 Å². The lowest BCUT2D eigenvalue weighted by Crippen LogP contribution is -2.41.